The summed E-state index contributed by atoms with van der Waals surface area (Å²) in [5.41, 5.74) is 5.09. The van der Waals surface area contributed by atoms with E-state index in [1.807, 2.05) is 26.1 Å². The van der Waals surface area contributed by atoms with Crippen molar-refractivity contribution in [1.82, 2.24) is 5.32 Å². The van der Waals surface area contributed by atoms with Gasteiger partial charge in [0.2, 0.25) is 0 Å². The Hall–Kier alpha value is -1.32. The second-order valence-electron chi connectivity index (χ2n) is 5.20. The van der Waals surface area contributed by atoms with Gasteiger partial charge in [0.1, 0.15) is 5.75 Å². The van der Waals surface area contributed by atoms with Crippen molar-refractivity contribution in [3.63, 3.8) is 0 Å². The van der Waals surface area contributed by atoms with Crippen LogP contribution in [0.3, 0.4) is 0 Å². The van der Waals surface area contributed by atoms with Crippen LogP contribution in [-0.2, 0) is 0 Å². The first kappa shape index (κ1) is 16.1. The third-order valence-corrected chi connectivity index (χ3v) is 4.32. The van der Waals surface area contributed by atoms with Crippen LogP contribution in [0.2, 0.25) is 0 Å². The van der Waals surface area contributed by atoms with Crippen LogP contribution in [0.25, 0.3) is 0 Å². The molecule has 1 atom stereocenters. The number of rotatable bonds is 5. The summed E-state index contributed by atoms with van der Waals surface area (Å²) in [6.45, 7) is 6.96. The van der Waals surface area contributed by atoms with Crippen LogP contribution < -0.4 is 10.1 Å². The maximum absolute atomic E-state index is 5.55. The van der Waals surface area contributed by atoms with Crippen molar-refractivity contribution in [2.75, 3.05) is 13.7 Å². The van der Waals surface area contributed by atoms with Gasteiger partial charge in [-0.1, -0.05) is 45.8 Å². The molecule has 1 N–H and O–H groups in total. The smallest absolute Gasteiger partial charge is 0.120 e. The van der Waals surface area contributed by atoms with Crippen molar-refractivity contribution in [1.29, 1.82) is 0 Å². The summed E-state index contributed by atoms with van der Waals surface area (Å²) in [5.74, 6) is 0.893. The van der Waals surface area contributed by atoms with E-state index in [2.05, 4.69) is 59.4 Å². The largest absolute Gasteiger partial charge is 0.494 e. The average molecular weight is 348 g/mol. The van der Waals surface area contributed by atoms with E-state index in [-0.39, 0.29) is 6.04 Å². The molecule has 1 unspecified atom stereocenters. The molecule has 0 aromatic heterocycles. The van der Waals surface area contributed by atoms with Gasteiger partial charge in [-0.15, -0.1) is 0 Å². The first-order valence-electron chi connectivity index (χ1n) is 7.23. The maximum Gasteiger partial charge on any atom is 0.120 e. The van der Waals surface area contributed by atoms with Gasteiger partial charge in [0.15, 0.2) is 0 Å². The fourth-order valence-corrected chi connectivity index (χ4v) is 3.13. The zero-order valence-corrected chi connectivity index (χ0v) is 14.6. The van der Waals surface area contributed by atoms with Gasteiger partial charge in [0, 0.05) is 4.47 Å². The third kappa shape index (κ3) is 3.66. The van der Waals surface area contributed by atoms with E-state index in [1.54, 1.807) is 0 Å². The predicted molar refractivity (Wildman–Crippen MR) is 92.1 cm³/mol. The van der Waals surface area contributed by atoms with Crippen LogP contribution in [0, 0.1) is 13.8 Å². The Morgan fingerprint density at radius 1 is 1.10 bits per heavy atom. The molecule has 0 spiro atoms. The Bertz CT molecular complexity index is 625. The van der Waals surface area contributed by atoms with Gasteiger partial charge in [-0.25, -0.2) is 0 Å². The molecule has 2 rings (SSSR count). The average Bonchev–Trinajstić information content (AvgIpc) is 2.46. The van der Waals surface area contributed by atoms with Crippen LogP contribution in [0.5, 0.6) is 5.75 Å². The third-order valence-electron chi connectivity index (χ3n) is 3.63. The zero-order valence-electron chi connectivity index (χ0n) is 13.0. The number of aryl methyl sites for hydroxylation is 2. The first-order chi connectivity index (χ1) is 10.1. The van der Waals surface area contributed by atoms with E-state index < -0.39 is 0 Å². The minimum Gasteiger partial charge on any atom is -0.494 e. The number of halogens is 1. The van der Waals surface area contributed by atoms with E-state index in [4.69, 9.17) is 4.74 Å². The van der Waals surface area contributed by atoms with Crippen molar-refractivity contribution < 1.29 is 4.74 Å². The normalized spacial score (nSPS) is 12.2. The van der Waals surface area contributed by atoms with E-state index >= 15 is 0 Å². The van der Waals surface area contributed by atoms with Crippen LogP contribution in [-0.4, -0.2) is 13.7 Å². The first-order valence-corrected chi connectivity index (χ1v) is 8.02. The summed E-state index contributed by atoms with van der Waals surface area (Å²) in [6.07, 6.45) is 0. The Balaban J connectivity index is 2.44. The number of hydrogen-bond donors (Lipinski definition) is 1. The number of hydrogen-bond acceptors (Lipinski definition) is 2. The highest BCUT2D eigenvalue weighted by atomic mass is 79.9. The predicted octanol–water partition coefficient (Wildman–Crippen LogP) is 4.77. The Morgan fingerprint density at radius 2 is 1.86 bits per heavy atom. The molecule has 0 aliphatic heterocycles. The van der Waals surface area contributed by atoms with E-state index in [1.165, 1.54) is 22.3 Å². The lowest BCUT2D eigenvalue weighted by Gasteiger charge is -2.22. The van der Waals surface area contributed by atoms with Crippen LogP contribution >= 0.6 is 15.9 Å². The van der Waals surface area contributed by atoms with Crippen molar-refractivity contribution in [3.8, 4) is 5.75 Å². The molecule has 0 bridgehead atoms. The molecular formula is C18H22BrNO. The highest BCUT2D eigenvalue weighted by Crippen LogP contribution is 2.33. The molecule has 3 heteroatoms. The van der Waals surface area contributed by atoms with Crippen LogP contribution in [0.4, 0.5) is 0 Å². The van der Waals surface area contributed by atoms with Gasteiger partial charge >= 0.3 is 0 Å². The molecule has 0 fully saturated rings. The van der Waals surface area contributed by atoms with Crippen molar-refractivity contribution >= 4 is 15.9 Å². The van der Waals surface area contributed by atoms with E-state index in [0.29, 0.717) is 6.61 Å². The second-order valence-corrected chi connectivity index (χ2v) is 6.05. The molecule has 0 saturated carbocycles. The molecule has 0 aliphatic carbocycles. The number of nitrogens with one attached hydrogen (secondary N) is 1. The summed E-state index contributed by atoms with van der Waals surface area (Å²) < 4.78 is 6.62. The minimum atomic E-state index is 0.162. The Labute approximate surface area is 135 Å². The van der Waals surface area contributed by atoms with Gasteiger partial charge < -0.3 is 10.1 Å². The van der Waals surface area contributed by atoms with Gasteiger partial charge in [0.05, 0.1) is 12.6 Å². The van der Waals surface area contributed by atoms with E-state index in [0.717, 1.165) is 10.2 Å². The topological polar surface area (TPSA) is 21.3 Å². The summed E-state index contributed by atoms with van der Waals surface area (Å²) >= 11 is 3.68. The molecule has 0 radical (unpaired) electrons. The molecule has 0 saturated heterocycles. The van der Waals surface area contributed by atoms with Gasteiger partial charge in [0.25, 0.3) is 0 Å². The molecule has 112 valence electrons. The standard InChI is InChI=1S/C18H22BrNO/c1-5-21-14-8-9-15(17(19)11-14)18(20-4)16-10-12(2)6-7-13(16)3/h6-11,18,20H,5H2,1-4H3. The molecular weight excluding hydrogens is 326 g/mol. The number of ether oxygens (including phenoxy) is 1. The highest BCUT2D eigenvalue weighted by molar-refractivity contribution is 9.10. The number of benzene rings is 2. The van der Waals surface area contributed by atoms with Crippen LogP contribution in [0.15, 0.2) is 40.9 Å². The summed E-state index contributed by atoms with van der Waals surface area (Å²) in [4.78, 5) is 0. The molecule has 0 heterocycles. The van der Waals surface area contributed by atoms with Crippen LogP contribution in [0.1, 0.15) is 35.2 Å². The maximum atomic E-state index is 5.55. The zero-order chi connectivity index (χ0) is 15.4. The minimum absolute atomic E-state index is 0.162. The summed E-state index contributed by atoms with van der Waals surface area (Å²) in [6, 6.07) is 12.9. The van der Waals surface area contributed by atoms with E-state index in [9.17, 15) is 0 Å². The molecule has 2 aromatic carbocycles. The monoisotopic (exact) mass is 347 g/mol. The lowest BCUT2D eigenvalue weighted by atomic mass is 9.93. The van der Waals surface area contributed by atoms with Gasteiger partial charge in [-0.2, -0.15) is 0 Å². The lowest BCUT2D eigenvalue weighted by Crippen LogP contribution is -2.19. The van der Waals surface area contributed by atoms with Gasteiger partial charge in [-0.3, -0.25) is 0 Å². The lowest BCUT2D eigenvalue weighted by molar-refractivity contribution is 0.340. The highest BCUT2D eigenvalue weighted by Gasteiger charge is 2.17. The fourth-order valence-electron chi connectivity index (χ4n) is 2.55. The molecule has 0 aliphatic rings. The molecule has 21 heavy (non-hydrogen) atoms. The van der Waals surface area contributed by atoms with Crippen molar-refractivity contribution in [2.45, 2.75) is 26.8 Å². The molecule has 2 aromatic rings. The Kier molecular flexibility index (Phi) is 5.43. The SMILES string of the molecule is CCOc1ccc(C(NC)c2cc(C)ccc2C)c(Br)c1. The fraction of sp³-hybridized carbons (Fsp3) is 0.333. The summed E-state index contributed by atoms with van der Waals surface area (Å²) in [5, 5.41) is 3.42. The van der Waals surface area contributed by atoms with Crippen molar-refractivity contribution in [2.24, 2.45) is 0 Å². The molecule has 2 nitrogen and oxygen atoms in total. The quantitative estimate of drug-likeness (QED) is 0.840. The summed E-state index contributed by atoms with van der Waals surface area (Å²) in [7, 11) is 2.00. The van der Waals surface area contributed by atoms with Gasteiger partial charge in [-0.05, 0) is 56.6 Å². The Morgan fingerprint density at radius 3 is 2.48 bits per heavy atom. The van der Waals surface area contributed by atoms with Crippen molar-refractivity contribution in [3.05, 3.63) is 63.1 Å². The second kappa shape index (κ2) is 7.10. The molecule has 0 amide bonds.